The number of aryl methyl sites for hydroxylation is 1. The van der Waals surface area contributed by atoms with E-state index in [1.54, 1.807) is 18.2 Å². The van der Waals surface area contributed by atoms with Crippen LogP contribution in [0.15, 0.2) is 53.6 Å². The van der Waals surface area contributed by atoms with Crippen molar-refractivity contribution in [2.45, 2.75) is 39.5 Å². The Balaban J connectivity index is 2.13. The molecule has 2 aromatic carbocycles. The van der Waals surface area contributed by atoms with Gasteiger partial charge in [-0.25, -0.2) is 0 Å². The van der Waals surface area contributed by atoms with Gasteiger partial charge in [0.05, 0.1) is 11.1 Å². The van der Waals surface area contributed by atoms with Crippen molar-refractivity contribution in [1.29, 1.82) is 0 Å². The molecule has 0 bridgehead atoms. The number of carbonyl (C=O) groups is 2. The van der Waals surface area contributed by atoms with E-state index in [0.717, 1.165) is 12.0 Å². The van der Waals surface area contributed by atoms with Gasteiger partial charge in [-0.15, -0.1) is 22.2 Å². The molecule has 0 atom stereocenters. The maximum Gasteiger partial charge on any atom is 0.341 e. The number of fused-ring (bicyclic) bond motifs is 3. The van der Waals surface area contributed by atoms with Crippen molar-refractivity contribution in [3.8, 4) is 0 Å². The quantitative estimate of drug-likeness (QED) is 0.338. The Kier molecular flexibility index (Phi) is 5.78. The number of ketones is 2. The number of halogens is 2. The van der Waals surface area contributed by atoms with Crippen LogP contribution in [0.25, 0.3) is 11.5 Å². The molecule has 0 fully saturated rings. The zero-order valence-electron chi connectivity index (χ0n) is 18.6. The van der Waals surface area contributed by atoms with Crippen molar-refractivity contribution in [2.24, 2.45) is 0 Å². The van der Waals surface area contributed by atoms with E-state index in [2.05, 4.69) is 0 Å². The highest BCUT2D eigenvalue weighted by molar-refractivity contribution is 7.16. The van der Waals surface area contributed by atoms with Gasteiger partial charge in [-0.1, -0.05) is 43.3 Å². The van der Waals surface area contributed by atoms with E-state index in [1.165, 1.54) is 0 Å². The van der Waals surface area contributed by atoms with Crippen LogP contribution in [0.3, 0.4) is 0 Å². The van der Waals surface area contributed by atoms with Crippen molar-refractivity contribution in [2.75, 3.05) is 0 Å². The van der Waals surface area contributed by atoms with E-state index >= 15 is 0 Å². The van der Waals surface area contributed by atoms with Gasteiger partial charge in [0.25, 0.3) is 0 Å². The van der Waals surface area contributed by atoms with Gasteiger partial charge < -0.3 is 8.85 Å². The Labute approximate surface area is 199 Å². The summed E-state index contributed by atoms with van der Waals surface area (Å²) in [7, 11) is -5.30. The Morgan fingerprint density at radius 1 is 0.719 bits per heavy atom. The molecule has 2 aliphatic rings. The number of Topliss-reactive ketones (excluding diaryl/α,β-unsaturated/α-hetero) is 2. The van der Waals surface area contributed by atoms with E-state index in [1.807, 2.05) is 57.4 Å². The third kappa shape index (κ3) is 4.12. The molecular formula is C24H24Cl2O4Si2. The molecule has 4 rings (SSSR count). The Hall–Kier alpha value is -2.13. The zero-order chi connectivity index (χ0) is 23.4. The molecule has 0 saturated heterocycles. The maximum absolute atomic E-state index is 13.9. The predicted molar refractivity (Wildman–Crippen MR) is 134 cm³/mol. The maximum atomic E-state index is 13.9. The van der Waals surface area contributed by atoms with E-state index in [0.29, 0.717) is 33.8 Å². The van der Waals surface area contributed by atoms with Crippen molar-refractivity contribution in [1.82, 2.24) is 0 Å². The van der Waals surface area contributed by atoms with Gasteiger partial charge in [-0.2, -0.15) is 0 Å². The van der Waals surface area contributed by atoms with Gasteiger partial charge in [0, 0.05) is 22.3 Å². The summed E-state index contributed by atoms with van der Waals surface area (Å²) in [6, 6.07) is 12.8. The second kappa shape index (κ2) is 8.02. The number of rotatable bonds is 5. The topological polar surface area (TPSA) is 52.6 Å². The van der Waals surface area contributed by atoms with Crippen molar-refractivity contribution in [3.63, 3.8) is 0 Å². The SMILES string of the molecule is CCc1ccc2c(c1)C(=O)C1=C(O[Si](C)(C)Cl)c3ccccc3C(=O)C1=C2O[Si](C)(C)Cl. The molecule has 0 spiro atoms. The summed E-state index contributed by atoms with van der Waals surface area (Å²) in [5.41, 5.74) is 3.52. The Bertz CT molecular complexity index is 1220. The van der Waals surface area contributed by atoms with Crippen LogP contribution in [0, 0.1) is 0 Å². The van der Waals surface area contributed by atoms with Gasteiger partial charge in [0.1, 0.15) is 11.5 Å². The molecule has 0 aromatic heterocycles. The van der Waals surface area contributed by atoms with Crippen molar-refractivity contribution in [3.05, 3.63) is 81.4 Å². The van der Waals surface area contributed by atoms with E-state index in [-0.39, 0.29) is 22.7 Å². The lowest BCUT2D eigenvalue weighted by Crippen LogP contribution is -2.33. The van der Waals surface area contributed by atoms with Crippen molar-refractivity contribution >= 4 is 60.5 Å². The van der Waals surface area contributed by atoms with Crippen LogP contribution in [0.4, 0.5) is 0 Å². The van der Waals surface area contributed by atoms with Gasteiger partial charge in [0.15, 0.2) is 11.6 Å². The number of hydrogen-bond donors (Lipinski definition) is 0. The van der Waals surface area contributed by atoms with Crippen LogP contribution in [-0.4, -0.2) is 26.8 Å². The highest BCUT2D eigenvalue weighted by Gasteiger charge is 2.44. The monoisotopic (exact) mass is 502 g/mol. The molecular weight excluding hydrogens is 479 g/mol. The molecule has 4 nitrogen and oxygen atoms in total. The Morgan fingerprint density at radius 3 is 1.69 bits per heavy atom. The fourth-order valence-corrected chi connectivity index (χ4v) is 5.83. The molecule has 166 valence electrons. The summed E-state index contributed by atoms with van der Waals surface area (Å²) in [6.45, 7) is 9.34. The molecule has 0 N–H and O–H groups in total. The number of benzene rings is 2. The highest BCUT2D eigenvalue weighted by Crippen LogP contribution is 2.46. The highest BCUT2D eigenvalue weighted by atomic mass is 35.6. The van der Waals surface area contributed by atoms with Crippen molar-refractivity contribution < 1.29 is 18.4 Å². The molecule has 0 amide bonds. The molecule has 0 unspecified atom stereocenters. The first-order chi connectivity index (χ1) is 14.9. The minimum atomic E-state index is -2.65. The van der Waals surface area contributed by atoms with E-state index in [9.17, 15) is 9.59 Å². The van der Waals surface area contributed by atoms with Crippen LogP contribution >= 0.6 is 22.2 Å². The Morgan fingerprint density at radius 2 is 1.19 bits per heavy atom. The second-order valence-corrected chi connectivity index (χ2v) is 20.1. The summed E-state index contributed by atoms with van der Waals surface area (Å²) in [6.07, 6.45) is 0.773. The molecule has 0 radical (unpaired) electrons. The van der Waals surface area contributed by atoms with Crippen LogP contribution in [0.2, 0.25) is 26.2 Å². The standard InChI is InChI=1S/C24H24Cl2O4Si2/c1-6-14-11-12-17-18(13-14)22(28)20-19(24(17)30-32(4,5)26)21(27)15-9-7-8-10-16(15)23(20)29-31(2,3)25/h7-13H,6H2,1-5H3. The fraction of sp³-hybridized carbons (Fsp3) is 0.250. The van der Waals surface area contributed by atoms with Gasteiger partial charge in [0.2, 0.25) is 0 Å². The largest absolute Gasteiger partial charge is 0.529 e. The minimum Gasteiger partial charge on any atom is -0.529 e. The molecule has 0 aliphatic heterocycles. The molecule has 2 aliphatic carbocycles. The smallest absolute Gasteiger partial charge is 0.341 e. The number of hydrogen-bond acceptors (Lipinski definition) is 4. The summed E-state index contributed by atoms with van der Waals surface area (Å²) in [4.78, 5) is 27.6. The minimum absolute atomic E-state index is 0.205. The first kappa shape index (κ1) is 23.0. The van der Waals surface area contributed by atoms with Crippen LogP contribution in [0.1, 0.15) is 44.3 Å². The third-order valence-corrected chi connectivity index (χ3v) is 7.09. The van der Waals surface area contributed by atoms with Crippen LogP contribution in [-0.2, 0) is 15.3 Å². The first-order valence-electron chi connectivity index (χ1n) is 10.5. The molecule has 32 heavy (non-hydrogen) atoms. The van der Waals surface area contributed by atoms with E-state index < -0.39 is 15.3 Å². The van der Waals surface area contributed by atoms with Crippen LogP contribution < -0.4 is 0 Å². The summed E-state index contributed by atoms with van der Waals surface area (Å²) in [5.74, 6) is 0.146. The lowest BCUT2D eigenvalue weighted by molar-refractivity contribution is 0.0988. The average molecular weight is 504 g/mol. The van der Waals surface area contributed by atoms with Crippen LogP contribution in [0.5, 0.6) is 0 Å². The lowest BCUT2D eigenvalue weighted by atomic mass is 9.76. The summed E-state index contributed by atoms with van der Waals surface area (Å²) in [5, 5.41) is 0. The fourth-order valence-electron chi connectivity index (χ4n) is 3.97. The summed E-state index contributed by atoms with van der Waals surface area (Å²) >= 11 is 13.1. The molecule has 0 heterocycles. The number of allylic oxidation sites excluding steroid dienone is 2. The summed E-state index contributed by atoms with van der Waals surface area (Å²) < 4.78 is 12.5. The average Bonchev–Trinajstić information content (AvgIpc) is 2.71. The third-order valence-electron chi connectivity index (χ3n) is 5.25. The van der Waals surface area contributed by atoms with Gasteiger partial charge in [-0.05, 0) is 44.2 Å². The second-order valence-electron chi connectivity index (χ2n) is 8.78. The van der Waals surface area contributed by atoms with Gasteiger partial charge >= 0.3 is 15.3 Å². The molecule has 0 saturated carbocycles. The zero-order valence-corrected chi connectivity index (χ0v) is 22.1. The molecule has 8 heteroatoms. The predicted octanol–water partition coefficient (Wildman–Crippen LogP) is 6.68. The van der Waals surface area contributed by atoms with E-state index in [4.69, 9.17) is 31.0 Å². The molecule has 2 aromatic rings. The number of carbonyl (C=O) groups excluding carboxylic acids is 2. The normalized spacial score (nSPS) is 16.0. The first-order valence-corrected chi connectivity index (χ1v) is 18.3. The van der Waals surface area contributed by atoms with Gasteiger partial charge in [-0.3, -0.25) is 9.59 Å². The lowest BCUT2D eigenvalue weighted by Gasteiger charge is -2.33.